The first-order valence-electron chi connectivity index (χ1n) is 5.14. The van der Waals surface area contributed by atoms with Gasteiger partial charge < -0.3 is 10.8 Å². The van der Waals surface area contributed by atoms with E-state index in [1.54, 1.807) is 18.2 Å². The normalized spacial score (nSPS) is 13.1. The highest BCUT2D eigenvalue weighted by molar-refractivity contribution is 5.85. The highest BCUT2D eigenvalue weighted by Gasteiger charge is 2.38. The van der Waals surface area contributed by atoms with E-state index in [1.165, 1.54) is 6.07 Å². The minimum atomic E-state index is -3.37. The molecule has 0 spiro atoms. The zero-order valence-electron chi connectivity index (χ0n) is 9.38. The van der Waals surface area contributed by atoms with E-state index in [9.17, 15) is 8.78 Å². The van der Waals surface area contributed by atoms with Crippen molar-refractivity contribution >= 4 is 23.3 Å². The second-order valence-electron chi connectivity index (χ2n) is 3.83. The van der Waals surface area contributed by atoms with E-state index in [2.05, 4.69) is 4.98 Å². The number of hydrogen-bond donors (Lipinski definition) is 2. The topological polar surface area (TPSA) is 59.1 Å². The fourth-order valence-corrected chi connectivity index (χ4v) is 1.57. The van der Waals surface area contributed by atoms with Crippen molar-refractivity contribution in [3.63, 3.8) is 0 Å². The van der Waals surface area contributed by atoms with Crippen LogP contribution in [0.15, 0.2) is 36.4 Å². The van der Waals surface area contributed by atoms with Crippen LogP contribution in [-0.4, -0.2) is 22.6 Å². The zero-order valence-corrected chi connectivity index (χ0v) is 10.2. The molecule has 2 aromatic rings. The molecule has 98 valence electrons. The van der Waals surface area contributed by atoms with Crippen molar-refractivity contribution in [2.24, 2.45) is 5.73 Å². The number of alkyl halides is 2. The fraction of sp³-hybridized carbons (Fsp3) is 0.250. The molecule has 0 amide bonds. The van der Waals surface area contributed by atoms with E-state index < -0.39 is 18.6 Å². The lowest BCUT2D eigenvalue weighted by Gasteiger charge is -2.20. The first-order chi connectivity index (χ1) is 8.04. The Hall–Kier alpha value is -1.30. The molecule has 1 atom stereocenters. The van der Waals surface area contributed by atoms with Crippen molar-refractivity contribution in [3.8, 4) is 0 Å². The highest BCUT2D eigenvalue weighted by atomic mass is 35.5. The molecule has 2 rings (SSSR count). The molecule has 0 aliphatic rings. The van der Waals surface area contributed by atoms with Gasteiger partial charge in [-0.15, -0.1) is 12.4 Å². The third-order valence-corrected chi connectivity index (χ3v) is 2.60. The first kappa shape index (κ1) is 14.8. The molecule has 0 saturated heterocycles. The van der Waals surface area contributed by atoms with Gasteiger partial charge in [-0.1, -0.05) is 24.3 Å². The van der Waals surface area contributed by atoms with Gasteiger partial charge in [0.15, 0.2) is 0 Å². The molecule has 18 heavy (non-hydrogen) atoms. The minimum absolute atomic E-state index is 0. The third kappa shape index (κ3) is 2.75. The molecule has 6 heteroatoms. The standard InChI is InChI=1S/C12H12F2N2O.ClH/c13-12(14,7-17)11(15)10-6-5-8-3-1-2-4-9(8)16-10;/h1-6,11,17H,7,15H2;1H/t11-;/m1./s1. The summed E-state index contributed by atoms with van der Waals surface area (Å²) in [5.41, 5.74) is 6.08. The van der Waals surface area contributed by atoms with Crippen molar-refractivity contribution in [2.45, 2.75) is 12.0 Å². The maximum absolute atomic E-state index is 13.2. The van der Waals surface area contributed by atoms with Crippen LogP contribution in [0.4, 0.5) is 8.78 Å². The van der Waals surface area contributed by atoms with Crippen molar-refractivity contribution in [2.75, 3.05) is 6.61 Å². The predicted octanol–water partition coefficient (Wildman–Crippen LogP) is 2.28. The van der Waals surface area contributed by atoms with Crippen LogP contribution in [0.3, 0.4) is 0 Å². The van der Waals surface area contributed by atoms with Crippen LogP contribution < -0.4 is 5.73 Å². The Morgan fingerprint density at radius 2 is 1.89 bits per heavy atom. The van der Waals surface area contributed by atoms with E-state index >= 15 is 0 Å². The average molecular weight is 275 g/mol. The molecule has 3 nitrogen and oxygen atoms in total. The number of nitrogens with two attached hydrogens (primary N) is 1. The van der Waals surface area contributed by atoms with Gasteiger partial charge in [-0.3, -0.25) is 4.98 Å². The second kappa shape index (κ2) is 5.56. The lowest BCUT2D eigenvalue weighted by atomic mass is 10.1. The number of benzene rings is 1. The molecule has 0 fully saturated rings. The van der Waals surface area contributed by atoms with Crippen LogP contribution in [0.1, 0.15) is 11.7 Å². The molecular weight excluding hydrogens is 262 g/mol. The number of aromatic nitrogens is 1. The van der Waals surface area contributed by atoms with Gasteiger partial charge in [-0.2, -0.15) is 0 Å². The Kier molecular flexibility index (Phi) is 4.56. The molecule has 3 N–H and O–H groups in total. The summed E-state index contributed by atoms with van der Waals surface area (Å²) in [6, 6.07) is 8.71. The van der Waals surface area contributed by atoms with E-state index in [1.807, 2.05) is 12.1 Å². The minimum Gasteiger partial charge on any atom is -0.390 e. The van der Waals surface area contributed by atoms with Crippen LogP contribution in [0.5, 0.6) is 0 Å². The van der Waals surface area contributed by atoms with E-state index in [4.69, 9.17) is 10.8 Å². The molecule has 0 aliphatic carbocycles. The van der Waals surface area contributed by atoms with Gasteiger partial charge in [-0.05, 0) is 12.1 Å². The molecule has 1 heterocycles. The maximum Gasteiger partial charge on any atom is 0.291 e. The number of fused-ring (bicyclic) bond motifs is 1. The Balaban J connectivity index is 0.00000162. The smallest absolute Gasteiger partial charge is 0.291 e. The van der Waals surface area contributed by atoms with Gasteiger partial charge in [0.2, 0.25) is 0 Å². The fourth-order valence-electron chi connectivity index (χ4n) is 1.57. The van der Waals surface area contributed by atoms with E-state index in [0.29, 0.717) is 5.52 Å². The summed E-state index contributed by atoms with van der Waals surface area (Å²) in [5, 5.41) is 9.44. The number of hydrogen-bond acceptors (Lipinski definition) is 3. The highest BCUT2D eigenvalue weighted by Crippen LogP contribution is 2.28. The van der Waals surface area contributed by atoms with Crippen LogP contribution in [0, 0.1) is 0 Å². The average Bonchev–Trinajstić information content (AvgIpc) is 2.37. The SMILES string of the molecule is Cl.N[C@H](c1ccc2ccccc2n1)C(F)(F)CO. The molecule has 0 radical (unpaired) electrons. The van der Waals surface area contributed by atoms with Crippen molar-refractivity contribution in [1.29, 1.82) is 0 Å². The van der Waals surface area contributed by atoms with Crippen LogP contribution in [-0.2, 0) is 0 Å². The van der Waals surface area contributed by atoms with Crippen LogP contribution in [0.25, 0.3) is 10.9 Å². The summed E-state index contributed by atoms with van der Waals surface area (Å²) in [5.74, 6) is -3.37. The number of aliphatic hydroxyl groups is 1. The van der Waals surface area contributed by atoms with Crippen LogP contribution >= 0.6 is 12.4 Å². The molecular formula is C12H13ClF2N2O. The summed E-state index contributed by atoms with van der Waals surface area (Å²) >= 11 is 0. The number of halogens is 3. The Bertz CT molecular complexity index is 536. The number of nitrogens with zero attached hydrogens (tertiary/aromatic N) is 1. The van der Waals surface area contributed by atoms with Crippen molar-refractivity contribution < 1.29 is 13.9 Å². The number of para-hydroxylation sites is 1. The first-order valence-corrected chi connectivity index (χ1v) is 5.14. The summed E-state index contributed by atoms with van der Waals surface area (Å²) < 4.78 is 26.4. The van der Waals surface area contributed by atoms with Crippen LogP contribution in [0.2, 0.25) is 0 Å². The van der Waals surface area contributed by atoms with E-state index in [-0.39, 0.29) is 18.1 Å². The number of aliphatic hydroxyl groups excluding tert-OH is 1. The van der Waals surface area contributed by atoms with Gasteiger partial charge in [0.1, 0.15) is 12.6 Å². The number of rotatable bonds is 3. The van der Waals surface area contributed by atoms with Gasteiger partial charge >= 0.3 is 0 Å². The Morgan fingerprint density at radius 1 is 1.22 bits per heavy atom. The second-order valence-corrected chi connectivity index (χ2v) is 3.83. The molecule has 1 aromatic carbocycles. The van der Waals surface area contributed by atoms with Gasteiger partial charge in [0.05, 0.1) is 11.2 Å². The summed E-state index contributed by atoms with van der Waals surface area (Å²) in [6.45, 7) is -1.29. The Morgan fingerprint density at radius 3 is 2.56 bits per heavy atom. The molecule has 1 aromatic heterocycles. The summed E-state index contributed by atoms with van der Waals surface area (Å²) in [4.78, 5) is 4.07. The quantitative estimate of drug-likeness (QED) is 0.903. The molecule has 0 unspecified atom stereocenters. The summed E-state index contributed by atoms with van der Waals surface area (Å²) in [6.07, 6.45) is 0. The molecule has 0 bridgehead atoms. The maximum atomic E-state index is 13.2. The van der Waals surface area contributed by atoms with Crippen molar-refractivity contribution in [1.82, 2.24) is 4.98 Å². The predicted molar refractivity (Wildman–Crippen MR) is 68.0 cm³/mol. The Labute approximate surface area is 109 Å². The van der Waals surface area contributed by atoms with E-state index in [0.717, 1.165) is 5.39 Å². The van der Waals surface area contributed by atoms with Gasteiger partial charge in [-0.25, -0.2) is 8.78 Å². The largest absolute Gasteiger partial charge is 0.390 e. The number of pyridine rings is 1. The third-order valence-electron chi connectivity index (χ3n) is 2.60. The van der Waals surface area contributed by atoms with Crippen molar-refractivity contribution in [3.05, 3.63) is 42.1 Å². The van der Waals surface area contributed by atoms with Gasteiger partial charge in [0, 0.05) is 5.39 Å². The lowest BCUT2D eigenvalue weighted by molar-refractivity contribution is -0.0720. The monoisotopic (exact) mass is 274 g/mol. The molecule has 0 aliphatic heterocycles. The molecule has 0 saturated carbocycles. The van der Waals surface area contributed by atoms with Gasteiger partial charge in [0.25, 0.3) is 5.92 Å². The zero-order chi connectivity index (χ0) is 12.5. The lowest BCUT2D eigenvalue weighted by Crippen LogP contribution is -2.36. The summed E-state index contributed by atoms with van der Waals surface area (Å²) in [7, 11) is 0.